The fourth-order valence-electron chi connectivity index (χ4n) is 3.76. The number of hydrogen-bond donors (Lipinski definition) is 2. The van der Waals surface area contributed by atoms with Gasteiger partial charge in [0.25, 0.3) is 0 Å². The molecule has 0 unspecified atom stereocenters. The van der Waals surface area contributed by atoms with Gasteiger partial charge in [0, 0.05) is 16.6 Å². The number of fused-ring (bicyclic) bond motifs is 1. The molecule has 0 aliphatic carbocycles. The second-order valence-corrected chi connectivity index (χ2v) is 7.08. The highest BCUT2D eigenvalue weighted by Gasteiger charge is 2.19. The van der Waals surface area contributed by atoms with Gasteiger partial charge in [-0.05, 0) is 43.7 Å². The quantitative estimate of drug-likeness (QED) is 0.409. The number of benzene rings is 2. The molecule has 5 nitrogen and oxygen atoms in total. The zero-order valence-corrected chi connectivity index (χ0v) is 16.1. The van der Waals surface area contributed by atoms with E-state index >= 15 is 0 Å². The number of phenols is 1. The van der Waals surface area contributed by atoms with Crippen LogP contribution in [0, 0.1) is 13.8 Å². The van der Waals surface area contributed by atoms with Gasteiger partial charge in [-0.25, -0.2) is 4.98 Å². The van der Waals surface area contributed by atoms with E-state index in [1.807, 2.05) is 50.2 Å². The van der Waals surface area contributed by atoms with Gasteiger partial charge >= 0.3 is 0 Å². The van der Waals surface area contributed by atoms with E-state index in [4.69, 9.17) is 9.51 Å². The van der Waals surface area contributed by atoms with Gasteiger partial charge in [-0.2, -0.15) is 0 Å². The van der Waals surface area contributed by atoms with Crippen molar-refractivity contribution in [1.82, 2.24) is 15.1 Å². The predicted molar refractivity (Wildman–Crippen MR) is 114 cm³/mol. The summed E-state index contributed by atoms with van der Waals surface area (Å²) in [6.45, 7) is 3.78. The molecular weight excluding hydrogens is 362 g/mol. The Morgan fingerprint density at radius 3 is 2.41 bits per heavy atom. The molecule has 0 saturated carbocycles. The minimum absolute atomic E-state index is 0.194. The van der Waals surface area contributed by atoms with E-state index in [-0.39, 0.29) is 5.75 Å². The molecule has 5 heteroatoms. The van der Waals surface area contributed by atoms with Crippen molar-refractivity contribution in [1.29, 1.82) is 0 Å². The molecule has 142 valence electrons. The van der Waals surface area contributed by atoms with Crippen molar-refractivity contribution in [3.63, 3.8) is 0 Å². The van der Waals surface area contributed by atoms with Gasteiger partial charge in [0.2, 0.25) is 0 Å². The van der Waals surface area contributed by atoms with Crippen molar-refractivity contribution in [2.45, 2.75) is 13.8 Å². The van der Waals surface area contributed by atoms with Crippen LogP contribution in [0.25, 0.3) is 44.7 Å². The van der Waals surface area contributed by atoms with Crippen LogP contribution in [0.1, 0.15) is 11.5 Å². The Bertz CT molecular complexity index is 1310. The summed E-state index contributed by atoms with van der Waals surface area (Å²) in [5, 5.41) is 15.5. The summed E-state index contributed by atoms with van der Waals surface area (Å²) in [6, 6.07) is 21.5. The van der Waals surface area contributed by atoms with Crippen LogP contribution in [-0.4, -0.2) is 20.2 Å². The Balaban J connectivity index is 1.82. The van der Waals surface area contributed by atoms with Gasteiger partial charge < -0.3 is 14.6 Å². The number of hydrogen-bond acceptors (Lipinski definition) is 4. The zero-order valence-electron chi connectivity index (χ0n) is 16.1. The molecule has 5 rings (SSSR count). The first kappa shape index (κ1) is 17.3. The molecule has 5 aromatic rings. The van der Waals surface area contributed by atoms with E-state index in [1.54, 1.807) is 12.1 Å². The van der Waals surface area contributed by atoms with Gasteiger partial charge in [-0.15, -0.1) is 0 Å². The van der Waals surface area contributed by atoms with Crippen LogP contribution in [-0.2, 0) is 0 Å². The Morgan fingerprint density at radius 1 is 0.931 bits per heavy atom. The minimum Gasteiger partial charge on any atom is -0.507 e. The number of aromatic amines is 1. The lowest BCUT2D eigenvalue weighted by molar-refractivity contribution is 0.393. The third-order valence-corrected chi connectivity index (χ3v) is 5.15. The van der Waals surface area contributed by atoms with Gasteiger partial charge in [-0.3, -0.25) is 0 Å². The van der Waals surface area contributed by atoms with E-state index in [0.717, 1.165) is 39.1 Å². The van der Waals surface area contributed by atoms with Crippen molar-refractivity contribution in [2.75, 3.05) is 0 Å². The molecule has 3 heterocycles. The molecule has 0 radical (unpaired) electrons. The van der Waals surface area contributed by atoms with Gasteiger partial charge in [-0.1, -0.05) is 47.6 Å². The first-order valence-electron chi connectivity index (χ1n) is 9.42. The maximum atomic E-state index is 10.5. The normalized spacial score (nSPS) is 11.2. The summed E-state index contributed by atoms with van der Waals surface area (Å²) in [5.74, 6) is 0.909. The molecule has 0 saturated heterocycles. The number of rotatable bonds is 3. The maximum Gasteiger partial charge on any atom is 0.143 e. The first-order valence-corrected chi connectivity index (χ1v) is 9.42. The molecule has 0 atom stereocenters. The first-order chi connectivity index (χ1) is 14.1. The highest BCUT2D eigenvalue weighted by molar-refractivity contribution is 5.99. The number of para-hydroxylation sites is 1. The molecule has 2 aromatic carbocycles. The van der Waals surface area contributed by atoms with E-state index in [2.05, 4.69) is 28.3 Å². The molecular formula is C24H19N3O2. The summed E-state index contributed by atoms with van der Waals surface area (Å²) in [4.78, 5) is 8.43. The highest BCUT2D eigenvalue weighted by atomic mass is 16.5. The predicted octanol–water partition coefficient (Wildman–Crippen LogP) is 5.87. The summed E-state index contributed by atoms with van der Waals surface area (Å²) >= 11 is 0. The molecule has 0 amide bonds. The number of pyridine rings is 1. The maximum absolute atomic E-state index is 10.5. The van der Waals surface area contributed by atoms with E-state index < -0.39 is 0 Å². The monoisotopic (exact) mass is 381 g/mol. The molecule has 0 bridgehead atoms. The average molecular weight is 381 g/mol. The third-order valence-electron chi connectivity index (χ3n) is 5.15. The van der Waals surface area contributed by atoms with Crippen LogP contribution < -0.4 is 0 Å². The summed E-state index contributed by atoms with van der Waals surface area (Å²) in [7, 11) is 0. The molecule has 0 aliphatic heterocycles. The highest BCUT2D eigenvalue weighted by Crippen LogP contribution is 2.38. The summed E-state index contributed by atoms with van der Waals surface area (Å²) in [5.41, 5.74) is 6.84. The van der Waals surface area contributed by atoms with Crippen LogP contribution in [0.5, 0.6) is 5.75 Å². The van der Waals surface area contributed by atoms with E-state index in [0.29, 0.717) is 17.0 Å². The molecule has 0 spiro atoms. The standard InChI is InChI=1S/C24H19N3O2/c1-14-23(15(2)29-27-14)21-13-20-18(12-19(25-20)16-8-4-3-5-9-16)24(26-21)17-10-6-7-11-22(17)28/h3-13,25,28H,1-2H3. The van der Waals surface area contributed by atoms with Gasteiger partial charge in [0.1, 0.15) is 11.5 Å². The molecule has 0 aliphatic rings. The van der Waals surface area contributed by atoms with Crippen molar-refractivity contribution in [2.24, 2.45) is 0 Å². The Kier molecular flexibility index (Phi) is 3.95. The third kappa shape index (κ3) is 2.88. The summed E-state index contributed by atoms with van der Waals surface area (Å²) in [6.07, 6.45) is 0. The number of phenolic OH excluding ortho intramolecular Hbond substituents is 1. The van der Waals surface area contributed by atoms with E-state index in [9.17, 15) is 5.11 Å². The lowest BCUT2D eigenvalue weighted by atomic mass is 10.0. The van der Waals surface area contributed by atoms with Crippen LogP contribution in [0.3, 0.4) is 0 Å². The second-order valence-electron chi connectivity index (χ2n) is 7.08. The van der Waals surface area contributed by atoms with Gasteiger partial charge in [0.15, 0.2) is 0 Å². The number of aromatic hydroxyl groups is 1. The lowest BCUT2D eigenvalue weighted by Crippen LogP contribution is -1.92. The number of aryl methyl sites for hydroxylation is 2. The van der Waals surface area contributed by atoms with Crippen molar-refractivity contribution >= 4 is 10.9 Å². The lowest BCUT2D eigenvalue weighted by Gasteiger charge is -2.08. The zero-order chi connectivity index (χ0) is 20.0. The van der Waals surface area contributed by atoms with Crippen LogP contribution in [0.2, 0.25) is 0 Å². The van der Waals surface area contributed by atoms with Crippen LogP contribution in [0.15, 0.2) is 71.3 Å². The Hall–Kier alpha value is -3.86. The van der Waals surface area contributed by atoms with Crippen LogP contribution in [0.4, 0.5) is 0 Å². The largest absolute Gasteiger partial charge is 0.507 e. The number of nitrogens with zero attached hydrogens (tertiary/aromatic N) is 2. The smallest absolute Gasteiger partial charge is 0.143 e. The fraction of sp³-hybridized carbons (Fsp3) is 0.0833. The van der Waals surface area contributed by atoms with E-state index in [1.165, 1.54) is 0 Å². The number of nitrogens with one attached hydrogen (secondary N) is 1. The van der Waals surface area contributed by atoms with Crippen molar-refractivity contribution in [3.8, 4) is 39.5 Å². The number of H-pyrrole nitrogens is 1. The van der Waals surface area contributed by atoms with Crippen molar-refractivity contribution in [3.05, 3.63) is 78.2 Å². The number of aromatic nitrogens is 3. The minimum atomic E-state index is 0.194. The molecule has 3 aromatic heterocycles. The molecule has 2 N–H and O–H groups in total. The fourth-order valence-corrected chi connectivity index (χ4v) is 3.76. The summed E-state index contributed by atoms with van der Waals surface area (Å²) < 4.78 is 5.36. The molecule has 29 heavy (non-hydrogen) atoms. The van der Waals surface area contributed by atoms with Crippen molar-refractivity contribution < 1.29 is 9.63 Å². The van der Waals surface area contributed by atoms with Crippen LogP contribution >= 0.6 is 0 Å². The Morgan fingerprint density at radius 2 is 1.69 bits per heavy atom. The molecule has 0 fully saturated rings. The topological polar surface area (TPSA) is 74.9 Å². The average Bonchev–Trinajstić information content (AvgIpc) is 3.31. The second kappa shape index (κ2) is 6.63. The Labute approximate surface area is 167 Å². The van der Waals surface area contributed by atoms with Gasteiger partial charge in [0.05, 0.1) is 28.2 Å². The SMILES string of the molecule is Cc1noc(C)c1-c1cc2[nH]c(-c3ccccc3)cc2c(-c2ccccc2O)n1.